The van der Waals surface area contributed by atoms with Gasteiger partial charge in [0.15, 0.2) is 0 Å². The van der Waals surface area contributed by atoms with Crippen LogP contribution in [0.5, 0.6) is 5.75 Å². The van der Waals surface area contributed by atoms with Gasteiger partial charge >= 0.3 is 5.97 Å². The van der Waals surface area contributed by atoms with Gasteiger partial charge in [-0.2, -0.15) is 0 Å². The second kappa shape index (κ2) is 9.47. The van der Waals surface area contributed by atoms with Crippen molar-refractivity contribution in [3.8, 4) is 5.75 Å². The number of ether oxygens (including phenoxy) is 1. The Morgan fingerprint density at radius 3 is 2.60 bits per heavy atom. The highest BCUT2D eigenvalue weighted by molar-refractivity contribution is 5.87. The maximum absolute atomic E-state index is 12.1. The number of rotatable bonds is 9. The van der Waals surface area contributed by atoms with Gasteiger partial charge in [-0.1, -0.05) is 31.2 Å². The number of carboxylic acids is 1. The van der Waals surface area contributed by atoms with E-state index < -0.39 is 5.97 Å². The summed E-state index contributed by atoms with van der Waals surface area (Å²) in [4.78, 5) is 23.0. The molecule has 0 spiro atoms. The molecular weight excluding hydrogens is 318 g/mol. The topological polar surface area (TPSA) is 75.6 Å². The minimum atomic E-state index is -0.948. The normalized spacial score (nSPS) is 10.3. The van der Waals surface area contributed by atoms with Crippen LogP contribution in [-0.4, -0.2) is 30.1 Å². The average molecular weight is 341 g/mol. The Hall–Kier alpha value is -2.82. The molecule has 2 rings (SSSR count). The van der Waals surface area contributed by atoms with Crippen molar-refractivity contribution in [1.82, 2.24) is 5.32 Å². The maximum atomic E-state index is 12.1. The number of carbonyl (C=O) groups excluding carboxylic acids is 1. The summed E-state index contributed by atoms with van der Waals surface area (Å²) < 4.78 is 5.57. The van der Waals surface area contributed by atoms with Crippen LogP contribution < -0.4 is 10.1 Å². The fourth-order valence-electron chi connectivity index (χ4n) is 2.42. The first-order valence-electron chi connectivity index (χ1n) is 8.39. The van der Waals surface area contributed by atoms with E-state index in [2.05, 4.69) is 5.32 Å². The number of carbonyl (C=O) groups is 2. The number of carboxylic acid groups (broad SMARTS) is 1. The molecule has 2 N–H and O–H groups in total. The number of nitrogens with one attached hydrogen (secondary N) is 1. The van der Waals surface area contributed by atoms with Gasteiger partial charge in [0.2, 0.25) is 5.91 Å². The van der Waals surface area contributed by atoms with Crippen LogP contribution in [0.1, 0.15) is 34.8 Å². The zero-order valence-corrected chi connectivity index (χ0v) is 14.3. The zero-order valence-electron chi connectivity index (χ0n) is 14.3. The first kappa shape index (κ1) is 18.5. The molecule has 5 nitrogen and oxygen atoms in total. The van der Waals surface area contributed by atoms with E-state index in [1.54, 1.807) is 18.2 Å². The fourth-order valence-corrected chi connectivity index (χ4v) is 2.42. The molecule has 25 heavy (non-hydrogen) atoms. The summed E-state index contributed by atoms with van der Waals surface area (Å²) in [6.45, 7) is 3.17. The minimum Gasteiger partial charge on any atom is -0.494 e. The fraction of sp³-hybridized carbons (Fsp3) is 0.300. The first-order valence-corrected chi connectivity index (χ1v) is 8.39. The average Bonchev–Trinajstić information content (AvgIpc) is 2.60. The molecule has 0 saturated carbocycles. The molecule has 0 aliphatic carbocycles. The van der Waals surface area contributed by atoms with Crippen LogP contribution in [0, 0.1) is 0 Å². The molecule has 2 aromatic rings. The predicted molar refractivity (Wildman–Crippen MR) is 96.0 cm³/mol. The molecule has 0 unspecified atom stereocenters. The zero-order chi connectivity index (χ0) is 18.1. The van der Waals surface area contributed by atoms with Crippen molar-refractivity contribution < 1.29 is 19.4 Å². The van der Waals surface area contributed by atoms with Crippen LogP contribution in [0.4, 0.5) is 0 Å². The van der Waals surface area contributed by atoms with Crippen LogP contribution in [-0.2, 0) is 17.6 Å². The lowest BCUT2D eigenvalue weighted by Gasteiger charge is -2.08. The van der Waals surface area contributed by atoms with Crippen LogP contribution >= 0.6 is 0 Å². The van der Waals surface area contributed by atoms with Crippen molar-refractivity contribution in [1.29, 1.82) is 0 Å². The maximum Gasteiger partial charge on any atom is 0.335 e. The van der Waals surface area contributed by atoms with Crippen LogP contribution in [0.3, 0.4) is 0 Å². The van der Waals surface area contributed by atoms with Crippen molar-refractivity contribution in [2.45, 2.75) is 26.2 Å². The van der Waals surface area contributed by atoms with Gasteiger partial charge < -0.3 is 15.2 Å². The van der Waals surface area contributed by atoms with E-state index in [0.717, 1.165) is 23.3 Å². The third kappa shape index (κ3) is 6.30. The highest BCUT2D eigenvalue weighted by Gasteiger charge is 2.06. The summed E-state index contributed by atoms with van der Waals surface area (Å²) in [6.07, 6.45) is 1.82. The Bertz CT molecular complexity index is 727. The standard InChI is InChI=1S/C20H23NO4/c1-2-11-25-18-8-4-6-16(13-18)14-19(22)21-10-9-15-5-3-7-17(12-15)20(23)24/h3-8,12-13H,2,9-11,14H2,1H3,(H,21,22)(H,23,24). The second-order valence-corrected chi connectivity index (χ2v) is 5.78. The van der Waals surface area contributed by atoms with Crippen molar-refractivity contribution in [3.63, 3.8) is 0 Å². The van der Waals surface area contributed by atoms with E-state index >= 15 is 0 Å². The van der Waals surface area contributed by atoms with E-state index in [4.69, 9.17) is 9.84 Å². The highest BCUT2D eigenvalue weighted by Crippen LogP contribution is 2.14. The van der Waals surface area contributed by atoms with Crippen LogP contribution in [0.25, 0.3) is 0 Å². The van der Waals surface area contributed by atoms with Gasteiger partial charge in [0.05, 0.1) is 18.6 Å². The molecule has 0 bridgehead atoms. The Morgan fingerprint density at radius 2 is 1.84 bits per heavy atom. The molecule has 0 heterocycles. The molecule has 0 aliphatic rings. The van der Waals surface area contributed by atoms with Gasteiger partial charge in [0.25, 0.3) is 0 Å². The minimum absolute atomic E-state index is 0.0676. The lowest BCUT2D eigenvalue weighted by molar-refractivity contribution is -0.120. The number of aromatic carboxylic acids is 1. The third-order valence-electron chi connectivity index (χ3n) is 3.65. The van der Waals surface area contributed by atoms with Crippen molar-refractivity contribution in [3.05, 3.63) is 65.2 Å². The highest BCUT2D eigenvalue weighted by atomic mass is 16.5. The molecule has 0 aliphatic heterocycles. The van der Waals surface area contributed by atoms with Gasteiger partial charge in [0.1, 0.15) is 5.75 Å². The molecule has 0 radical (unpaired) electrons. The first-order chi connectivity index (χ1) is 12.1. The predicted octanol–water partition coefficient (Wildman–Crippen LogP) is 3.08. The summed E-state index contributed by atoms with van der Waals surface area (Å²) in [5.74, 6) is -0.240. The lowest BCUT2D eigenvalue weighted by Crippen LogP contribution is -2.27. The number of hydrogen-bond acceptors (Lipinski definition) is 3. The van der Waals surface area contributed by atoms with E-state index in [-0.39, 0.29) is 11.5 Å². The Balaban J connectivity index is 1.81. The summed E-state index contributed by atoms with van der Waals surface area (Å²) in [6, 6.07) is 14.3. The Morgan fingerprint density at radius 1 is 1.08 bits per heavy atom. The SMILES string of the molecule is CCCOc1cccc(CC(=O)NCCc2cccc(C(=O)O)c2)c1. The molecule has 0 atom stereocenters. The molecule has 132 valence electrons. The molecule has 1 amide bonds. The molecule has 2 aromatic carbocycles. The van der Waals surface area contributed by atoms with E-state index in [0.29, 0.717) is 26.0 Å². The number of amides is 1. The second-order valence-electron chi connectivity index (χ2n) is 5.78. The van der Waals surface area contributed by atoms with Crippen molar-refractivity contribution in [2.75, 3.05) is 13.2 Å². The lowest BCUT2D eigenvalue weighted by atomic mass is 10.1. The Labute approximate surface area is 147 Å². The van der Waals surface area contributed by atoms with Crippen LogP contribution in [0.2, 0.25) is 0 Å². The summed E-state index contributed by atoms with van der Waals surface area (Å²) in [5.41, 5.74) is 2.04. The molecule has 0 aromatic heterocycles. The van der Waals surface area contributed by atoms with E-state index in [1.165, 1.54) is 0 Å². The molecular formula is C20H23NO4. The van der Waals surface area contributed by atoms with Gasteiger partial charge in [-0.3, -0.25) is 4.79 Å². The largest absolute Gasteiger partial charge is 0.494 e. The molecule has 0 saturated heterocycles. The summed E-state index contributed by atoms with van der Waals surface area (Å²) in [7, 11) is 0. The molecule has 0 fully saturated rings. The monoisotopic (exact) mass is 341 g/mol. The summed E-state index contributed by atoms with van der Waals surface area (Å²) in [5, 5.41) is 11.8. The number of benzene rings is 2. The van der Waals surface area contributed by atoms with Gasteiger partial charge in [0, 0.05) is 6.54 Å². The van der Waals surface area contributed by atoms with Crippen molar-refractivity contribution >= 4 is 11.9 Å². The molecule has 5 heteroatoms. The van der Waals surface area contributed by atoms with Crippen LogP contribution in [0.15, 0.2) is 48.5 Å². The third-order valence-corrected chi connectivity index (χ3v) is 3.65. The van der Waals surface area contributed by atoms with Gasteiger partial charge in [-0.25, -0.2) is 4.79 Å². The number of hydrogen-bond donors (Lipinski definition) is 2. The quantitative estimate of drug-likeness (QED) is 0.735. The summed E-state index contributed by atoms with van der Waals surface area (Å²) >= 11 is 0. The van der Waals surface area contributed by atoms with E-state index in [1.807, 2.05) is 37.3 Å². The van der Waals surface area contributed by atoms with Gasteiger partial charge in [-0.05, 0) is 48.2 Å². The Kier molecular flexibility index (Phi) is 7.01. The van der Waals surface area contributed by atoms with E-state index in [9.17, 15) is 9.59 Å². The van der Waals surface area contributed by atoms with Gasteiger partial charge in [-0.15, -0.1) is 0 Å². The van der Waals surface area contributed by atoms with Crippen molar-refractivity contribution in [2.24, 2.45) is 0 Å². The smallest absolute Gasteiger partial charge is 0.335 e.